The van der Waals surface area contributed by atoms with Crippen LogP contribution in [0.1, 0.15) is 48.4 Å². The predicted octanol–water partition coefficient (Wildman–Crippen LogP) is 5.01. The quantitative estimate of drug-likeness (QED) is 0.191. The Hall–Kier alpha value is -4.72. The van der Waals surface area contributed by atoms with E-state index in [0.717, 1.165) is 0 Å². The highest BCUT2D eigenvalue weighted by atomic mass is 16.5. The lowest BCUT2D eigenvalue weighted by atomic mass is 9.84. The summed E-state index contributed by atoms with van der Waals surface area (Å²) in [5, 5.41) is 32.8. The Bertz CT molecular complexity index is 1650. The van der Waals surface area contributed by atoms with E-state index in [-0.39, 0.29) is 39.6 Å². The van der Waals surface area contributed by atoms with Gasteiger partial charge in [-0.2, -0.15) is 0 Å². The molecular weight excluding hydrogens is 440 g/mol. The van der Waals surface area contributed by atoms with Gasteiger partial charge in [-0.1, -0.05) is 24.3 Å². The van der Waals surface area contributed by atoms with Crippen molar-refractivity contribution in [3.63, 3.8) is 0 Å². The van der Waals surface area contributed by atoms with E-state index in [4.69, 9.17) is 4.74 Å². The Morgan fingerprint density at radius 1 is 0.559 bits per heavy atom. The lowest BCUT2D eigenvalue weighted by Crippen LogP contribution is -2.09. The van der Waals surface area contributed by atoms with E-state index in [1.54, 1.807) is 31.2 Å². The molecule has 168 valence electrons. The van der Waals surface area contributed by atoms with Gasteiger partial charge in [-0.15, -0.1) is 0 Å². The van der Waals surface area contributed by atoms with Crippen LogP contribution in [0.3, 0.4) is 0 Å². The van der Waals surface area contributed by atoms with E-state index < -0.39 is 23.9 Å². The zero-order valence-corrected chi connectivity index (χ0v) is 17.7. The number of carboxylic acids is 3. The standard InChI is InChI=1S/C26H16O8/c1-2-34-26(33)18-10-6-14-12-4-8-16(24(29)30)21-15(23(27)28)7-3-11(19(12)21)13-5-9-17(25(31)32)22(18)20(13)14/h3-10H,2H2,1H3,(H,27,28)(H,29,30)(H,31,32). The summed E-state index contributed by atoms with van der Waals surface area (Å²) >= 11 is 0. The third-order valence-corrected chi connectivity index (χ3v) is 6.09. The minimum Gasteiger partial charge on any atom is -0.478 e. The van der Waals surface area contributed by atoms with Gasteiger partial charge in [-0.05, 0) is 63.5 Å². The third-order valence-electron chi connectivity index (χ3n) is 6.09. The molecule has 5 aromatic carbocycles. The number of rotatable bonds is 5. The number of benzene rings is 5. The second kappa shape index (κ2) is 7.41. The van der Waals surface area contributed by atoms with Crippen LogP contribution in [0.2, 0.25) is 0 Å². The first-order valence-electron chi connectivity index (χ1n) is 10.3. The summed E-state index contributed by atoms with van der Waals surface area (Å²) in [7, 11) is 0. The molecule has 0 saturated carbocycles. The highest BCUT2D eigenvalue weighted by molar-refractivity contribution is 6.38. The first kappa shape index (κ1) is 21.1. The van der Waals surface area contributed by atoms with Gasteiger partial charge in [-0.3, -0.25) is 0 Å². The Balaban J connectivity index is 2.10. The van der Waals surface area contributed by atoms with Crippen molar-refractivity contribution >= 4 is 67.0 Å². The van der Waals surface area contributed by atoms with Gasteiger partial charge in [0, 0.05) is 10.8 Å². The first-order valence-corrected chi connectivity index (χ1v) is 10.3. The normalized spacial score (nSPS) is 11.4. The molecule has 0 fully saturated rings. The van der Waals surface area contributed by atoms with Crippen LogP contribution >= 0.6 is 0 Å². The fourth-order valence-corrected chi connectivity index (χ4v) is 4.80. The van der Waals surface area contributed by atoms with Crippen molar-refractivity contribution in [2.75, 3.05) is 6.61 Å². The van der Waals surface area contributed by atoms with Gasteiger partial charge in [0.2, 0.25) is 0 Å². The molecule has 0 amide bonds. The van der Waals surface area contributed by atoms with Gasteiger partial charge in [0.25, 0.3) is 0 Å². The minimum absolute atomic E-state index is 0.0762. The molecule has 34 heavy (non-hydrogen) atoms. The fourth-order valence-electron chi connectivity index (χ4n) is 4.80. The van der Waals surface area contributed by atoms with Crippen molar-refractivity contribution in [1.82, 2.24) is 0 Å². The third kappa shape index (κ3) is 2.78. The summed E-state index contributed by atoms with van der Waals surface area (Å²) in [5.74, 6) is -4.40. The molecule has 8 heteroatoms. The molecule has 0 bridgehead atoms. The highest BCUT2D eigenvalue weighted by Gasteiger charge is 2.25. The number of ether oxygens (including phenoxy) is 1. The summed E-state index contributed by atoms with van der Waals surface area (Å²) in [5.41, 5.74) is -0.275. The van der Waals surface area contributed by atoms with Gasteiger partial charge in [0.15, 0.2) is 0 Å². The first-order chi connectivity index (χ1) is 16.3. The molecule has 0 saturated heterocycles. The average molecular weight is 456 g/mol. The van der Waals surface area contributed by atoms with Crippen LogP contribution in [0.4, 0.5) is 0 Å². The fraction of sp³-hybridized carbons (Fsp3) is 0.0769. The smallest absolute Gasteiger partial charge is 0.338 e. The van der Waals surface area contributed by atoms with Crippen molar-refractivity contribution in [2.24, 2.45) is 0 Å². The van der Waals surface area contributed by atoms with Crippen molar-refractivity contribution in [3.05, 3.63) is 70.8 Å². The van der Waals surface area contributed by atoms with Crippen molar-refractivity contribution < 1.29 is 39.2 Å². The summed E-state index contributed by atoms with van der Waals surface area (Å²) in [6.07, 6.45) is 0. The van der Waals surface area contributed by atoms with Crippen molar-refractivity contribution in [2.45, 2.75) is 6.92 Å². The van der Waals surface area contributed by atoms with E-state index in [2.05, 4.69) is 0 Å². The summed E-state index contributed by atoms with van der Waals surface area (Å²) in [4.78, 5) is 48.7. The van der Waals surface area contributed by atoms with Gasteiger partial charge in [0.1, 0.15) is 0 Å². The maximum absolute atomic E-state index is 12.7. The number of aromatic carboxylic acids is 3. The van der Waals surface area contributed by atoms with E-state index >= 15 is 0 Å². The molecule has 3 N–H and O–H groups in total. The van der Waals surface area contributed by atoms with Crippen molar-refractivity contribution in [1.29, 1.82) is 0 Å². The molecule has 0 aliphatic rings. The summed E-state index contributed by atoms with van der Waals surface area (Å²) in [6, 6.07) is 11.9. The number of hydrogen-bond donors (Lipinski definition) is 3. The largest absolute Gasteiger partial charge is 0.478 e. The zero-order valence-electron chi connectivity index (χ0n) is 17.7. The molecule has 0 aliphatic heterocycles. The SMILES string of the molecule is CCOC(=O)c1ccc2c3ccc(C(=O)O)c4c(C(=O)O)ccc(c5ccc(C(=O)O)c1c52)c43. The van der Waals surface area contributed by atoms with Crippen molar-refractivity contribution in [3.8, 4) is 0 Å². The van der Waals surface area contributed by atoms with Crippen LogP contribution in [0.15, 0.2) is 48.5 Å². The van der Waals surface area contributed by atoms with E-state index in [9.17, 15) is 34.5 Å². The van der Waals surface area contributed by atoms with Crippen LogP contribution in [-0.2, 0) is 4.74 Å². The molecule has 0 unspecified atom stereocenters. The van der Waals surface area contributed by atoms with Crippen LogP contribution in [0, 0.1) is 0 Å². The number of hydrogen-bond acceptors (Lipinski definition) is 5. The molecule has 5 rings (SSSR count). The van der Waals surface area contributed by atoms with Crippen LogP contribution < -0.4 is 0 Å². The second-order valence-electron chi connectivity index (χ2n) is 7.78. The topological polar surface area (TPSA) is 138 Å². The molecule has 0 spiro atoms. The number of carbonyl (C=O) groups excluding carboxylic acids is 1. The molecule has 5 aromatic rings. The molecule has 0 aromatic heterocycles. The highest BCUT2D eigenvalue weighted by Crippen LogP contribution is 2.44. The van der Waals surface area contributed by atoms with E-state index in [1.165, 1.54) is 24.3 Å². The number of carbonyl (C=O) groups is 4. The number of esters is 1. The van der Waals surface area contributed by atoms with E-state index in [0.29, 0.717) is 32.3 Å². The zero-order chi connectivity index (χ0) is 24.3. The molecule has 0 aliphatic carbocycles. The monoisotopic (exact) mass is 456 g/mol. The summed E-state index contributed by atoms with van der Waals surface area (Å²) in [6.45, 7) is 1.76. The summed E-state index contributed by atoms with van der Waals surface area (Å²) < 4.78 is 5.15. The molecular formula is C26H16O8. The minimum atomic E-state index is -1.26. The van der Waals surface area contributed by atoms with Gasteiger partial charge >= 0.3 is 23.9 Å². The van der Waals surface area contributed by atoms with Crippen LogP contribution in [-0.4, -0.2) is 45.8 Å². The average Bonchev–Trinajstić information content (AvgIpc) is 2.80. The van der Waals surface area contributed by atoms with Crippen LogP contribution in [0.25, 0.3) is 43.1 Å². The molecule has 0 atom stereocenters. The van der Waals surface area contributed by atoms with Gasteiger partial charge in [0.05, 0.1) is 28.9 Å². The molecule has 0 heterocycles. The predicted molar refractivity (Wildman–Crippen MR) is 124 cm³/mol. The van der Waals surface area contributed by atoms with E-state index in [1.807, 2.05) is 0 Å². The molecule has 8 nitrogen and oxygen atoms in total. The Morgan fingerprint density at radius 2 is 0.882 bits per heavy atom. The maximum atomic E-state index is 12.7. The lowest BCUT2D eigenvalue weighted by Gasteiger charge is -2.19. The number of fused-ring (bicyclic) bond motifs is 2. The van der Waals surface area contributed by atoms with Crippen LogP contribution in [0.5, 0.6) is 0 Å². The van der Waals surface area contributed by atoms with Gasteiger partial charge < -0.3 is 20.1 Å². The van der Waals surface area contributed by atoms with Gasteiger partial charge in [-0.25, -0.2) is 19.2 Å². The number of carboxylic acid groups (broad SMARTS) is 3. The maximum Gasteiger partial charge on any atom is 0.338 e. The Morgan fingerprint density at radius 3 is 1.21 bits per heavy atom. The Labute approximate surface area is 190 Å². The molecule has 0 radical (unpaired) electrons. The lowest BCUT2D eigenvalue weighted by molar-refractivity contribution is 0.0527. The Kier molecular flexibility index (Phi) is 4.61. The second-order valence-corrected chi connectivity index (χ2v) is 7.78.